The van der Waals surface area contributed by atoms with Gasteiger partial charge in [0.1, 0.15) is 0 Å². The quantitative estimate of drug-likeness (QED) is 0.131. The van der Waals surface area contributed by atoms with E-state index >= 15 is 0 Å². The maximum absolute atomic E-state index is 2.50. The highest BCUT2D eigenvalue weighted by atomic mass is 15.1. The van der Waals surface area contributed by atoms with Crippen molar-refractivity contribution in [3.8, 4) is 78.6 Å². The summed E-state index contributed by atoms with van der Waals surface area (Å²) in [6, 6.07) is 165. The number of para-hydroxylation sites is 6. The molecule has 0 unspecified atom stereocenters. The first-order valence-corrected chi connectivity index (χ1v) is 42.0. The fourth-order valence-electron chi connectivity index (χ4n) is 20.1. The van der Waals surface area contributed by atoms with E-state index in [2.05, 4.69) is 476 Å². The van der Waals surface area contributed by atoms with E-state index in [1.165, 1.54) is 197 Å². The SMILES string of the molecule is c1ccc(-c2ccc(-n3c4ccccc4c4cc(-c5ccc6c(c5)c5c(ccc7c8ccccc8n(-c8ccccc8)c75)n6-c5ccc6ccccc6c5)ccc43)cc2)cc1.c1ccc(-c2ccc(-n3c4ccccc4c4cc(-c5ccc6c(c5)c5ccc7c8ccccc8n(-c8ccccc8)c7c5n6-c5ccc6ccccc6c5)ccc43)cc2)cc1. The first-order chi connectivity index (χ1) is 60.5. The molecule has 568 valence electrons. The lowest BCUT2D eigenvalue weighted by Gasteiger charge is -2.13. The van der Waals surface area contributed by atoms with Gasteiger partial charge in [0.05, 0.1) is 66.2 Å². The minimum absolute atomic E-state index is 1.15. The zero-order valence-electron chi connectivity index (χ0n) is 66.4. The second-order valence-electron chi connectivity index (χ2n) is 32.3. The van der Waals surface area contributed by atoms with Gasteiger partial charge in [-0.1, -0.05) is 297 Å². The Morgan fingerprint density at radius 1 is 0.115 bits per heavy atom. The zero-order valence-corrected chi connectivity index (χ0v) is 66.4. The van der Waals surface area contributed by atoms with Crippen LogP contribution in [0.1, 0.15) is 0 Å². The van der Waals surface area contributed by atoms with Crippen LogP contribution in [-0.4, -0.2) is 27.4 Å². The fraction of sp³-hybridized carbons (Fsp3) is 0. The monoisotopic (exact) mass is 1550 g/mol. The second kappa shape index (κ2) is 27.7. The number of benzene rings is 20. The largest absolute Gasteiger partial charge is 0.309 e. The summed E-state index contributed by atoms with van der Waals surface area (Å²) in [4.78, 5) is 0. The third-order valence-electron chi connectivity index (χ3n) is 25.6. The molecule has 0 spiro atoms. The Morgan fingerprint density at radius 2 is 0.369 bits per heavy atom. The van der Waals surface area contributed by atoms with Crippen LogP contribution in [0, 0.1) is 0 Å². The number of hydrogen-bond donors (Lipinski definition) is 0. The summed E-state index contributed by atoms with van der Waals surface area (Å²) in [5.74, 6) is 0. The van der Waals surface area contributed by atoms with Crippen molar-refractivity contribution in [1.82, 2.24) is 27.4 Å². The van der Waals surface area contributed by atoms with Crippen LogP contribution in [0.15, 0.2) is 449 Å². The normalized spacial score (nSPS) is 11.9. The van der Waals surface area contributed by atoms with E-state index in [9.17, 15) is 0 Å². The lowest BCUT2D eigenvalue weighted by molar-refractivity contribution is 1.15. The minimum atomic E-state index is 1.15. The molecule has 0 N–H and O–H groups in total. The third kappa shape index (κ3) is 10.8. The van der Waals surface area contributed by atoms with Gasteiger partial charge in [0.25, 0.3) is 0 Å². The van der Waals surface area contributed by atoms with Gasteiger partial charge in [-0.25, -0.2) is 0 Å². The van der Waals surface area contributed by atoms with Crippen LogP contribution in [0.25, 0.3) is 231 Å². The van der Waals surface area contributed by atoms with Crippen molar-refractivity contribution in [3.05, 3.63) is 449 Å². The van der Waals surface area contributed by atoms with Crippen LogP contribution in [0.4, 0.5) is 0 Å². The Bertz CT molecular complexity index is 8710. The average Bonchev–Trinajstić information content (AvgIpc) is 1.55. The molecule has 26 rings (SSSR count). The first kappa shape index (κ1) is 68.9. The predicted molar refractivity (Wildman–Crippen MR) is 516 cm³/mol. The molecule has 26 aromatic rings. The van der Waals surface area contributed by atoms with Gasteiger partial charge in [0.2, 0.25) is 0 Å². The van der Waals surface area contributed by atoms with Crippen LogP contribution < -0.4 is 0 Å². The van der Waals surface area contributed by atoms with E-state index in [4.69, 9.17) is 0 Å². The summed E-state index contributed by atoms with van der Waals surface area (Å²) in [6.45, 7) is 0. The molecule has 0 bridgehead atoms. The van der Waals surface area contributed by atoms with E-state index in [0.29, 0.717) is 0 Å². The van der Waals surface area contributed by atoms with Crippen molar-refractivity contribution in [3.63, 3.8) is 0 Å². The standard InChI is InChI=1S/2C58H37N3/c1-3-13-38(14-4-1)40-23-28-45(29-24-40)59-53-21-11-10-20-48(53)51-36-42(26-33-55(51)59)43-27-34-56-52(37-43)50-32-31-49-47-19-9-12-22-54(47)60(44-17-5-2-6-18-44)57(49)58(50)61(56)46-30-25-39-15-7-8-16-41(39)35-46;1-3-13-38(14-4-1)40-23-28-45(29-24-40)59-52-21-11-10-20-48(52)50-36-42(26-32-54(50)59)43-27-33-55-51(37-43)57-56(60(55)46-30-25-39-15-7-8-16-41(39)35-46)34-31-49-47-19-9-12-22-53(47)61(58(49)57)44-17-5-2-6-18-44/h2*1-37H. The molecule has 0 amide bonds. The van der Waals surface area contributed by atoms with Gasteiger partial charge in [0.15, 0.2) is 0 Å². The van der Waals surface area contributed by atoms with Gasteiger partial charge >= 0.3 is 0 Å². The third-order valence-corrected chi connectivity index (χ3v) is 25.6. The summed E-state index contributed by atoms with van der Waals surface area (Å²) in [5.41, 5.74) is 31.0. The number of hydrogen-bond acceptors (Lipinski definition) is 0. The highest BCUT2D eigenvalue weighted by Gasteiger charge is 2.26. The molecule has 0 radical (unpaired) electrons. The summed E-state index contributed by atoms with van der Waals surface area (Å²) < 4.78 is 14.7. The maximum Gasteiger partial charge on any atom is 0.0788 e. The van der Waals surface area contributed by atoms with E-state index in [-0.39, 0.29) is 0 Å². The lowest BCUT2D eigenvalue weighted by Crippen LogP contribution is -1.98. The predicted octanol–water partition coefficient (Wildman–Crippen LogP) is 30.9. The smallest absolute Gasteiger partial charge is 0.0788 e. The highest BCUT2D eigenvalue weighted by Crippen LogP contribution is 2.48. The Morgan fingerprint density at radius 3 is 0.820 bits per heavy atom. The molecule has 6 aromatic heterocycles. The van der Waals surface area contributed by atoms with Crippen molar-refractivity contribution in [2.45, 2.75) is 0 Å². The van der Waals surface area contributed by atoms with Gasteiger partial charge in [-0.2, -0.15) is 0 Å². The van der Waals surface area contributed by atoms with Gasteiger partial charge in [-0.05, 0) is 218 Å². The van der Waals surface area contributed by atoms with Gasteiger partial charge < -0.3 is 27.4 Å². The van der Waals surface area contributed by atoms with E-state index in [1.54, 1.807) is 0 Å². The Balaban J connectivity index is 0.000000134. The van der Waals surface area contributed by atoms with Crippen molar-refractivity contribution in [1.29, 1.82) is 0 Å². The molecule has 0 atom stereocenters. The molecule has 0 aliphatic rings. The minimum Gasteiger partial charge on any atom is -0.309 e. The van der Waals surface area contributed by atoms with Crippen LogP contribution in [0.2, 0.25) is 0 Å². The van der Waals surface area contributed by atoms with Crippen molar-refractivity contribution >= 4 is 152 Å². The molecular formula is C116H74N6. The lowest BCUT2D eigenvalue weighted by atomic mass is 10.00. The maximum atomic E-state index is 2.50. The average molecular weight is 1550 g/mol. The molecular weight excluding hydrogens is 1480 g/mol. The number of fused-ring (bicyclic) bond motifs is 22. The molecule has 0 saturated heterocycles. The molecule has 0 aliphatic heterocycles. The van der Waals surface area contributed by atoms with Crippen molar-refractivity contribution < 1.29 is 0 Å². The molecule has 0 saturated carbocycles. The van der Waals surface area contributed by atoms with Crippen molar-refractivity contribution in [2.24, 2.45) is 0 Å². The van der Waals surface area contributed by atoms with Gasteiger partial charge in [-0.15, -0.1) is 0 Å². The van der Waals surface area contributed by atoms with Gasteiger partial charge in [0, 0.05) is 98.8 Å². The van der Waals surface area contributed by atoms with E-state index in [1.807, 2.05) is 0 Å². The molecule has 6 heterocycles. The van der Waals surface area contributed by atoms with Crippen molar-refractivity contribution in [2.75, 3.05) is 0 Å². The van der Waals surface area contributed by atoms with Crippen LogP contribution in [0.3, 0.4) is 0 Å². The first-order valence-electron chi connectivity index (χ1n) is 42.0. The summed E-state index contributed by atoms with van der Waals surface area (Å²) in [5, 5.41) is 19.8. The number of aromatic nitrogens is 6. The fourth-order valence-corrected chi connectivity index (χ4v) is 20.1. The van der Waals surface area contributed by atoms with E-state index in [0.717, 1.165) is 34.1 Å². The second-order valence-corrected chi connectivity index (χ2v) is 32.3. The molecule has 6 heteroatoms. The van der Waals surface area contributed by atoms with Crippen LogP contribution >= 0.6 is 0 Å². The highest BCUT2D eigenvalue weighted by molar-refractivity contribution is 6.28. The molecule has 6 nitrogen and oxygen atoms in total. The summed E-state index contributed by atoms with van der Waals surface area (Å²) >= 11 is 0. The molecule has 122 heavy (non-hydrogen) atoms. The Labute approximate surface area is 702 Å². The zero-order chi connectivity index (χ0) is 80.0. The molecule has 0 aliphatic carbocycles. The summed E-state index contributed by atoms with van der Waals surface area (Å²) in [7, 11) is 0. The Hall–Kier alpha value is -16.3. The van der Waals surface area contributed by atoms with Crippen LogP contribution in [0.5, 0.6) is 0 Å². The number of nitrogens with zero attached hydrogens (tertiary/aromatic N) is 6. The van der Waals surface area contributed by atoms with Gasteiger partial charge in [-0.3, -0.25) is 0 Å². The molecule has 20 aromatic carbocycles. The number of rotatable bonds is 10. The topological polar surface area (TPSA) is 29.6 Å². The summed E-state index contributed by atoms with van der Waals surface area (Å²) in [6.07, 6.45) is 0. The molecule has 0 fully saturated rings. The van der Waals surface area contributed by atoms with E-state index < -0.39 is 0 Å². The van der Waals surface area contributed by atoms with Crippen LogP contribution in [-0.2, 0) is 0 Å². The Kier molecular flexibility index (Phi) is 15.6.